The van der Waals surface area contributed by atoms with Crippen LogP contribution in [0, 0.1) is 0 Å². The molecule has 0 saturated heterocycles. The van der Waals surface area contributed by atoms with Gasteiger partial charge in [-0.1, -0.05) is 0 Å². The zero-order valence-corrected chi connectivity index (χ0v) is 8.10. The SMILES string of the molecule is O=C(O)C1(C(F)(F)F)NNC=C1I. The first kappa shape index (κ1) is 10.6. The smallest absolute Gasteiger partial charge is 0.423 e. The van der Waals surface area contributed by atoms with Crippen LogP contribution in [0.3, 0.4) is 0 Å². The zero-order chi connectivity index (χ0) is 10.3. The van der Waals surface area contributed by atoms with Gasteiger partial charge in [-0.15, -0.1) is 0 Å². The number of carbonyl (C=O) groups is 1. The quantitative estimate of drug-likeness (QED) is 0.626. The number of halogens is 4. The molecule has 1 atom stereocenters. The highest BCUT2D eigenvalue weighted by Crippen LogP contribution is 2.40. The maximum atomic E-state index is 12.4. The lowest BCUT2D eigenvalue weighted by Crippen LogP contribution is -2.62. The third-order valence-corrected chi connectivity index (χ3v) is 2.68. The molecule has 1 aliphatic heterocycles. The van der Waals surface area contributed by atoms with Crippen LogP contribution in [0.5, 0.6) is 0 Å². The van der Waals surface area contributed by atoms with Gasteiger partial charge in [-0.3, -0.25) is 0 Å². The van der Waals surface area contributed by atoms with Crippen molar-refractivity contribution in [2.24, 2.45) is 0 Å². The third kappa shape index (κ3) is 1.37. The van der Waals surface area contributed by atoms with Crippen LogP contribution in [-0.4, -0.2) is 22.8 Å². The Kier molecular flexibility index (Phi) is 2.45. The fraction of sp³-hybridized carbons (Fsp3) is 0.400. The lowest BCUT2D eigenvalue weighted by Gasteiger charge is -2.27. The molecule has 0 aromatic rings. The summed E-state index contributed by atoms with van der Waals surface area (Å²) < 4.78 is 36.8. The topological polar surface area (TPSA) is 61.4 Å². The van der Waals surface area contributed by atoms with Crippen LogP contribution in [0.4, 0.5) is 13.2 Å². The standard InChI is InChI=1S/C5H4F3IN2O2/c6-5(7,8)4(3(12)13)2(9)1-10-11-4/h1,10-11H,(H,12,13). The van der Waals surface area contributed by atoms with Crippen LogP contribution in [0.15, 0.2) is 9.78 Å². The number of hydrazine groups is 1. The van der Waals surface area contributed by atoms with Gasteiger partial charge in [0.15, 0.2) is 0 Å². The number of nitrogens with one attached hydrogen (secondary N) is 2. The van der Waals surface area contributed by atoms with Crippen LogP contribution in [0.2, 0.25) is 0 Å². The molecule has 0 spiro atoms. The maximum absolute atomic E-state index is 12.4. The summed E-state index contributed by atoms with van der Waals surface area (Å²) in [7, 11) is 0. The lowest BCUT2D eigenvalue weighted by atomic mass is 10.0. The van der Waals surface area contributed by atoms with Crippen LogP contribution < -0.4 is 10.9 Å². The summed E-state index contributed by atoms with van der Waals surface area (Å²) in [5, 5.41) is 8.50. The van der Waals surface area contributed by atoms with E-state index in [0.29, 0.717) is 0 Å². The second kappa shape index (κ2) is 3.01. The Labute approximate surface area is 84.3 Å². The normalized spacial score (nSPS) is 28.2. The van der Waals surface area contributed by atoms with Gasteiger partial charge in [0.1, 0.15) is 0 Å². The average molecular weight is 308 g/mol. The molecule has 1 unspecified atom stereocenters. The van der Waals surface area contributed by atoms with Gasteiger partial charge in [-0.25, -0.2) is 10.2 Å². The van der Waals surface area contributed by atoms with Crippen molar-refractivity contribution in [3.8, 4) is 0 Å². The van der Waals surface area contributed by atoms with Crippen LogP contribution in [-0.2, 0) is 4.79 Å². The van der Waals surface area contributed by atoms with E-state index in [1.807, 2.05) is 5.43 Å². The Hall–Kier alpha value is -0.510. The van der Waals surface area contributed by atoms with Crippen molar-refractivity contribution < 1.29 is 23.1 Å². The molecule has 1 heterocycles. The van der Waals surface area contributed by atoms with E-state index in [4.69, 9.17) is 5.11 Å². The van der Waals surface area contributed by atoms with Crippen molar-refractivity contribution in [3.05, 3.63) is 9.78 Å². The number of hydrogen-bond donors (Lipinski definition) is 3. The molecule has 0 bridgehead atoms. The summed E-state index contributed by atoms with van der Waals surface area (Å²) in [6.07, 6.45) is -3.92. The highest BCUT2D eigenvalue weighted by molar-refractivity contribution is 14.1. The summed E-state index contributed by atoms with van der Waals surface area (Å²) in [5.74, 6) is -1.98. The summed E-state index contributed by atoms with van der Waals surface area (Å²) in [4.78, 5) is 10.5. The summed E-state index contributed by atoms with van der Waals surface area (Å²) in [5.41, 5.74) is 0.709. The minimum Gasteiger partial charge on any atom is -0.479 e. The Morgan fingerprint density at radius 2 is 2.15 bits per heavy atom. The van der Waals surface area contributed by atoms with E-state index >= 15 is 0 Å². The zero-order valence-electron chi connectivity index (χ0n) is 5.94. The number of aliphatic carboxylic acids is 1. The predicted molar refractivity (Wildman–Crippen MR) is 44.8 cm³/mol. The molecule has 3 N–H and O–H groups in total. The molecule has 1 aliphatic rings. The highest BCUT2D eigenvalue weighted by Gasteiger charge is 2.65. The Morgan fingerprint density at radius 3 is 2.31 bits per heavy atom. The number of hydrogen-bond acceptors (Lipinski definition) is 3. The number of rotatable bonds is 1. The summed E-state index contributed by atoms with van der Waals surface area (Å²) in [6, 6.07) is 0. The van der Waals surface area contributed by atoms with Crippen LogP contribution >= 0.6 is 22.6 Å². The first-order chi connectivity index (χ1) is 5.82. The second-order valence-corrected chi connectivity index (χ2v) is 3.48. The van der Waals surface area contributed by atoms with Gasteiger partial charge in [0.05, 0.1) is 3.58 Å². The monoisotopic (exact) mass is 308 g/mol. The van der Waals surface area contributed by atoms with Gasteiger partial charge in [0.25, 0.3) is 5.54 Å². The van der Waals surface area contributed by atoms with Gasteiger partial charge in [-0.2, -0.15) is 13.2 Å². The molecule has 4 nitrogen and oxygen atoms in total. The molecule has 0 saturated carbocycles. The first-order valence-corrected chi connectivity index (χ1v) is 4.09. The van der Waals surface area contributed by atoms with Crippen molar-refractivity contribution in [1.29, 1.82) is 0 Å². The van der Waals surface area contributed by atoms with E-state index in [0.717, 1.165) is 6.20 Å². The molecule has 0 radical (unpaired) electrons. The van der Waals surface area contributed by atoms with Crippen molar-refractivity contribution >= 4 is 28.6 Å². The van der Waals surface area contributed by atoms with E-state index in [9.17, 15) is 18.0 Å². The van der Waals surface area contributed by atoms with E-state index in [2.05, 4.69) is 0 Å². The van der Waals surface area contributed by atoms with Gasteiger partial charge in [0.2, 0.25) is 0 Å². The molecule has 0 aromatic carbocycles. The summed E-state index contributed by atoms with van der Waals surface area (Å²) in [6.45, 7) is 0. The van der Waals surface area contributed by atoms with E-state index in [-0.39, 0.29) is 3.58 Å². The number of carboxylic acids is 1. The van der Waals surface area contributed by atoms with Gasteiger partial charge >= 0.3 is 12.1 Å². The Bertz CT molecular complexity index is 277. The molecule has 0 aliphatic carbocycles. The fourth-order valence-electron chi connectivity index (χ4n) is 0.859. The molecule has 0 aromatic heterocycles. The minimum atomic E-state index is -4.88. The van der Waals surface area contributed by atoms with E-state index < -0.39 is 17.7 Å². The molecule has 8 heteroatoms. The van der Waals surface area contributed by atoms with E-state index in [1.165, 1.54) is 22.6 Å². The average Bonchev–Trinajstić information content (AvgIpc) is 2.29. The largest absolute Gasteiger partial charge is 0.479 e. The Morgan fingerprint density at radius 1 is 1.62 bits per heavy atom. The fourth-order valence-corrected chi connectivity index (χ4v) is 1.69. The highest BCUT2D eigenvalue weighted by atomic mass is 127. The van der Waals surface area contributed by atoms with E-state index in [1.54, 1.807) is 5.43 Å². The number of carboxylic acid groups (broad SMARTS) is 1. The van der Waals surface area contributed by atoms with Gasteiger partial charge in [-0.05, 0) is 22.6 Å². The van der Waals surface area contributed by atoms with Gasteiger partial charge < -0.3 is 10.5 Å². The molecular formula is C5H4F3IN2O2. The molecule has 13 heavy (non-hydrogen) atoms. The Balaban J connectivity index is 3.18. The van der Waals surface area contributed by atoms with Crippen LogP contribution in [0.25, 0.3) is 0 Å². The molecule has 1 rings (SSSR count). The lowest BCUT2D eigenvalue weighted by molar-refractivity contribution is -0.198. The molecule has 74 valence electrons. The minimum absolute atomic E-state index is 0.356. The summed E-state index contributed by atoms with van der Waals surface area (Å²) >= 11 is 1.32. The second-order valence-electron chi connectivity index (χ2n) is 2.31. The van der Waals surface area contributed by atoms with Crippen LogP contribution in [0.1, 0.15) is 0 Å². The van der Waals surface area contributed by atoms with Crippen molar-refractivity contribution in [2.75, 3.05) is 0 Å². The first-order valence-electron chi connectivity index (χ1n) is 3.01. The van der Waals surface area contributed by atoms with Crippen molar-refractivity contribution in [3.63, 3.8) is 0 Å². The van der Waals surface area contributed by atoms with Gasteiger partial charge in [0, 0.05) is 6.20 Å². The molecule has 0 fully saturated rings. The van der Waals surface area contributed by atoms with Crippen molar-refractivity contribution in [1.82, 2.24) is 10.9 Å². The third-order valence-electron chi connectivity index (χ3n) is 1.56. The molecular weight excluding hydrogens is 304 g/mol. The van der Waals surface area contributed by atoms with Crippen molar-refractivity contribution in [2.45, 2.75) is 11.7 Å². The predicted octanol–water partition coefficient (Wildman–Crippen LogP) is 0.756. The molecule has 0 amide bonds. The maximum Gasteiger partial charge on any atom is 0.423 e. The number of alkyl halides is 3.